The molecule has 0 aromatic carbocycles. The van der Waals surface area contributed by atoms with Crippen molar-refractivity contribution in [2.75, 3.05) is 6.54 Å². The van der Waals surface area contributed by atoms with Gasteiger partial charge in [-0.1, -0.05) is 19.9 Å². The van der Waals surface area contributed by atoms with Gasteiger partial charge in [-0.25, -0.2) is 0 Å². The van der Waals surface area contributed by atoms with Crippen LogP contribution in [-0.4, -0.2) is 12.5 Å². The van der Waals surface area contributed by atoms with Crippen molar-refractivity contribution in [3.05, 3.63) is 12.7 Å². The average Bonchev–Trinajstić information content (AvgIpc) is 1.89. The fourth-order valence-electron chi connectivity index (χ4n) is 0.461. The number of hydrogen-bond donors (Lipinski definition) is 1. The van der Waals surface area contributed by atoms with E-state index in [2.05, 4.69) is 18.8 Å². The summed E-state index contributed by atoms with van der Waals surface area (Å²) >= 11 is 0. The number of amides is 1. The zero-order valence-electron chi connectivity index (χ0n) is 6.31. The van der Waals surface area contributed by atoms with Crippen LogP contribution in [-0.2, 0) is 31.0 Å². The second-order valence-electron chi connectivity index (χ2n) is 1.85. The van der Waals surface area contributed by atoms with Crippen molar-refractivity contribution >= 4 is 5.91 Å². The minimum absolute atomic E-state index is 0. The van der Waals surface area contributed by atoms with Crippen LogP contribution in [0.4, 0.5) is 0 Å². The van der Waals surface area contributed by atoms with Crippen LogP contribution >= 0.6 is 0 Å². The maximum atomic E-state index is 10.5. The third-order valence-electron chi connectivity index (χ3n) is 1.01. The molecule has 0 aromatic rings. The topological polar surface area (TPSA) is 29.1 Å². The van der Waals surface area contributed by atoms with E-state index in [-0.39, 0.29) is 32.1 Å². The van der Waals surface area contributed by atoms with Crippen molar-refractivity contribution in [3.63, 3.8) is 0 Å². The molecule has 0 heterocycles. The van der Waals surface area contributed by atoms with Gasteiger partial charge in [0.15, 0.2) is 0 Å². The molecule has 0 rings (SSSR count). The minimum atomic E-state index is -0.0801. The van der Waals surface area contributed by atoms with Gasteiger partial charge in [0, 0.05) is 32.7 Å². The van der Waals surface area contributed by atoms with Crippen molar-refractivity contribution in [3.8, 4) is 0 Å². The smallest absolute Gasteiger partial charge is 0.243 e. The van der Waals surface area contributed by atoms with Gasteiger partial charge < -0.3 is 5.32 Å². The molecule has 0 aliphatic rings. The SMILES string of the molecule is C=CC(=O)NCCCC.[Zr]. The summed E-state index contributed by atoms with van der Waals surface area (Å²) in [7, 11) is 0. The van der Waals surface area contributed by atoms with Crippen LogP contribution in [0.15, 0.2) is 12.7 Å². The van der Waals surface area contributed by atoms with Crippen molar-refractivity contribution in [2.45, 2.75) is 19.8 Å². The van der Waals surface area contributed by atoms with Crippen LogP contribution in [0, 0.1) is 0 Å². The molecule has 10 heavy (non-hydrogen) atoms. The van der Waals surface area contributed by atoms with Crippen molar-refractivity contribution in [1.29, 1.82) is 0 Å². The molecule has 2 nitrogen and oxygen atoms in total. The molecule has 0 unspecified atom stereocenters. The summed E-state index contributed by atoms with van der Waals surface area (Å²) in [4.78, 5) is 10.5. The summed E-state index contributed by atoms with van der Waals surface area (Å²) in [6, 6.07) is 0. The van der Waals surface area contributed by atoms with Crippen LogP contribution in [0.25, 0.3) is 0 Å². The standard InChI is InChI=1S/C7H13NO.Zr/c1-3-5-6-8-7(9)4-2;/h4H,2-3,5-6H2,1H3,(H,8,9);. The first-order chi connectivity index (χ1) is 4.31. The Bertz CT molecular complexity index is 104. The summed E-state index contributed by atoms with van der Waals surface area (Å²) in [5, 5.41) is 2.68. The van der Waals surface area contributed by atoms with Gasteiger partial charge in [-0.05, 0) is 12.5 Å². The van der Waals surface area contributed by atoms with Crippen molar-refractivity contribution in [1.82, 2.24) is 5.32 Å². The average molecular weight is 218 g/mol. The van der Waals surface area contributed by atoms with E-state index in [0.717, 1.165) is 19.4 Å². The molecule has 0 aliphatic carbocycles. The van der Waals surface area contributed by atoms with E-state index >= 15 is 0 Å². The molecule has 0 spiro atoms. The van der Waals surface area contributed by atoms with Gasteiger partial charge in [0.2, 0.25) is 5.91 Å². The molecule has 1 N–H and O–H groups in total. The third-order valence-corrected chi connectivity index (χ3v) is 1.01. The van der Waals surface area contributed by atoms with E-state index in [1.807, 2.05) is 0 Å². The van der Waals surface area contributed by atoms with Crippen LogP contribution in [0.3, 0.4) is 0 Å². The fraction of sp³-hybridized carbons (Fsp3) is 0.571. The minimum Gasteiger partial charge on any atom is -0.353 e. The van der Waals surface area contributed by atoms with Gasteiger partial charge in [-0.3, -0.25) is 4.79 Å². The molecule has 0 saturated carbocycles. The summed E-state index contributed by atoms with van der Waals surface area (Å²) in [6.07, 6.45) is 3.44. The van der Waals surface area contributed by atoms with Crippen molar-refractivity contribution in [2.24, 2.45) is 0 Å². The molecule has 0 fully saturated rings. The molecule has 0 aromatic heterocycles. The van der Waals surface area contributed by atoms with Gasteiger partial charge in [0.05, 0.1) is 0 Å². The Morgan fingerprint density at radius 1 is 1.70 bits per heavy atom. The number of carbonyl (C=O) groups excluding carboxylic acids is 1. The number of unbranched alkanes of at least 4 members (excludes halogenated alkanes) is 1. The Morgan fingerprint density at radius 3 is 2.70 bits per heavy atom. The van der Waals surface area contributed by atoms with E-state index in [1.165, 1.54) is 6.08 Å². The summed E-state index contributed by atoms with van der Waals surface area (Å²) in [5.41, 5.74) is 0. The normalized spacial score (nSPS) is 7.70. The van der Waals surface area contributed by atoms with Gasteiger partial charge in [-0.15, -0.1) is 0 Å². The Labute approximate surface area is 81.2 Å². The van der Waals surface area contributed by atoms with Gasteiger partial charge in [0.25, 0.3) is 0 Å². The molecule has 0 saturated heterocycles. The second-order valence-corrected chi connectivity index (χ2v) is 1.85. The van der Waals surface area contributed by atoms with E-state index in [0.29, 0.717) is 0 Å². The molecule has 56 valence electrons. The number of rotatable bonds is 4. The molecular weight excluding hydrogens is 205 g/mol. The van der Waals surface area contributed by atoms with Gasteiger partial charge in [-0.2, -0.15) is 0 Å². The zero-order chi connectivity index (χ0) is 7.11. The van der Waals surface area contributed by atoms with Crippen LogP contribution in [0.1, 0.15) is 19.8 Å². The number of nitrogens with one attached hydrogen (secondary N) is 1. The molecule has 0 atom stereocenters. The van der Waals surface area contributed by atoms with Gasteiger partial charge >= 0.3 is 0 Å². The molecule has 3 heteroatoms. The van der Waals surface area contributed by atoms with E-state index in [9.17, 15) is 4.79 Å². The third kappa shape index (κ3) is 8.09. The Morgan fingerprint density at radius 2 is 2.30 bits per heavy atom. The first-order valence-electron chi connectivity index (χ1n) is 3.21. The quantitative estimate of drug-likeness (QED) is 0.555. The zero-order valence-corrected chi connectivity index (χ0v) is 8.77. The Balaban J connectivity index is 0. The molecule has 0 aliphatic heterocycles. The van der Waals surface area contributed by atoms with Crippen molar-refractivity contribution < 1.29 is 31.0 Å². The first-order valence-corrected chi connectivity index (χ1v) is 3.21. The van der Waals surface area contributed by atoms with Crippen LogP contribution in [0.5, 0.6) is 0 Å². The number of carbonyl (C=O) groups is 1. The summed E-state index contributed by atoms with van der Waals surface area (Å²) in [5.74, 6) is -0.0801. The van der Waals surface area contributed by atoms with Crippen LogP contribution in [0.2, 0.25) is 0 Å². The van der Waals surface area contributed by atoms with E-state index in [4.69, 9.17) is 0 Å². The van der Waals surface area contributed by atoms with Gasteiger partial charge in [0.1, 0.15) is 0 Å². The predicted octanol–water partition coefficient (Wildman–Crippen LogP) is 1.09. The maximum absolute atomic E-state index is 10.5. The monoisotopic (exact) mass is 217 g/mol. The molecule has 1 amide bonds. The summed E-state index contributed by atoms with van der Waals surface area (Å²) in [6.45, 7) is 6.18. The molecule has 0 bridgehead atoms. The second kappa shape index (κ2) is 9.09. The predicted molar refractivity (Wildman–Crippen MR) is 38.1 cm³/mol. The number of hydrogen-bond acceptors (Lipinski definition) is 1. The summed E-state index contributed by atoms with van der Waals surface area (Å²) < 4.78 is 0. The Hall–Kier alpha value is 0.0931. The van der Waals surface area contributed by atoms with Crippen LogP contribution < -0.4 is 5.32 Å². The van der Waals surface area contributed by atoms with E-state index < -0.39 is 0 Å². The van der Waals surface area contributed by atoms with E-state index in [1.54, 1.807) is 0 Å². The first kappa shape index (κ1) is 12.7. The molecular formula is C7H13NOZr. The fourth-order valence-corrected chi connectivity index (χ4v) is 0.461. The molecule has 0 radical (unpaired) electrons. The Kier molecular flexibility index (Phi) is 11.6. The maximum Gasteiger partial charge on any atom is 0.243 e. The largest absolute Gasteiger partial charge is 0.353 e.